The van der Waals surface area contributed by atoms with E-state index < -0.39 is 0 Å². The zero-order chi connectivity index (χ0) is 12.4. The highest BCUT2D eigenvalue weighted by Crippen LogP contribution is 2.34. The second-order valence-corrected chi connectivity index (χ2v) is 4.78. The van der Waals surface area contributed by atoms with Gasteiger partial charge < -0.3 is 14.6 Å². The monoisotopic (exact) mass is 246 g/mol. The van der Waals surface area contributed by atoms with Gasteiger partial charge in [0.05, 0.1) is 12.8 Å². The number of benzene rings is 1. The minimum Gasteiger partial charge on any atom is -0.493 e. The van der Waals surface area contributed by atoms with Crippen LogP contribution in [0.25, 0.3) is 11.0 Å². The maximum atomic E-state index is 5.47. The molecule has 0 saturated carbocycles. The van der Waals surface area contributed by atoms with E-state index in [-0.39, 0.29) is 0 Å². The topological polar surface area (TPSA) is 47.3 Å². The molecule has 1 aromatic carbocycles. The third kappa shape index (κ3) is 1.97. The van der Waals surface area contributed by atoms with Gasteiger partial charge in [0.25, 0.3) is 0 Å². The van der Waals surface area contributed by atoms with Gasteiger partial charge in [0.15, 0.2) is 5.75 Å². The second kappa shape index (κ2) is 4.98. The summed E-state index contributed by atoms with van der Waals surface area (Å²) in [6.45, 7) is 2.17. The highest BCUT2D eigenvalue weighted by Gasteiger charge is 2.21. The quantitative estimate of drug-likeness (QED) is 0.885. The molecule has 0 spiro atoms. The van der Waals surface area contributed by atoms with Crippen molar-refractivity contribution < 1.29 is 9.26 Å². The fourth-order valence-corrected chi connectivity index (χ4v) is 2.70. The van der Waals surface area contributed by atoms with E-state index in [2.05, 4.69) is 16.5 Å². The Kier molecular flexibility index (Phi) is 3.19. The van der Waals surface area contributed by atoms with Crippen LogP contribution < -0.4 is 10.1 Å². The molecule has 0 bridgehead atoms. The normalized spacial score (nSPS) is 20.8. The molecule has 2 aromatic rings. The number of rotatable bonds is 2. The molecule has 3 rings (SSSR count). The van der Waals surface area contributed by atoms with Crippen LogP contribution in [0.5, 0.6) is 5.75 Å². The molecule has 1 atom stereocenters. The van der Waals surface area contributed by atoms with Crippen molar-refractivity contribution in [2.75, 3.05) is 20.2 Å². The predicted molar refractivity (Wildman–Crippen MR) is 70.0 cm³/mol. The van der Waals surface area contributed by atoms with Crippen LogP contribution in [0.3, 0.4) is 0 Å². The number of nitrogens with one attached hydrogen (secondary N) is 1. The molecule has 1 fully saturated rings. The minimum atomic E-state index is 0.494. The molecule has 4 heteroatoms. The average molecular weight is 246 g/mol. The summed E-state index contributed by atoms with van der Waals surface area (Å²) in [5.74, 6) is 1.26. The molecule has 0 aliphatic carbocycles. The summed E-state index contributed by atoms with van der Waals surface area (Å²) < 4.78 is 10.8. The van der Waals surface area contributed by atoms with Gasteiger partial charge in [-0.1, -0.05) is 11.2 Å². The zero-order valence-corrected chi connectivity index (χ0v) is 10.6. The van der Waals surface area contributed by atoms with E-state index in [1.165, 1.54) is 12.8 Å². The van der Waals surface area contributed by atoms with E-state index in [1.54, 1.807) is 7.11 Å². The van der Waals surface area contributed by atoms with Crippen molar-refractivity contribution in [2.24, 2.45) is 0 Å². The summed E-state index contributed by atoms with van der Waals surface area (Å²) in [6.07, 6.45) is 3.49. The number of fused-ring (bicyclic) bond motifs is 1. The molecule has 96 valence electrons. The van der Waals surface area contributed by atoms with Crippen LogP contribution in [0, 0.1) is 0 Å². The van der Waals surface area contributed by atoms with E-state index in [1.807, 2.05) is 12.1 Å². The molecule has 1 aliphatic heterocycles. The summed E-state index contributed by atoms with van der Waals surface area (Å²) in [4.78, 5) is 0. The van der Waals surface area contributed by atoms with Crippen LogP contribution in [0.15, 0.2) is 22.7 Å². The maximum Gasteiger partial charge on any atom is 0.208 e. The highest BCUT2D eigenvalue weighted by atomic mass is 16.5. The first-order valence-electron chi connectivity index (χ1n) is 6.53. The number of hydrogen-bond acceptors (Lipinski definition) is 4. The Morgan fingerprint density at radius 2 is 2.28 bits per heavy atom. The van der Waals surface area contributed by atoms with E-state index >= 15 is 0 Å². The summed E-state index contributed by atoms with van der Waals surface area (Å²) in [5.41, 5.74) is 1.86. The number of methoxy groups -OCH3 is 1. The molecule has 18 heavy (non-hydrogen) atoms. The Morgan fingerprint density at radius 3 is 3.17 bits per heavy atom. The Hall–Kier alpha value is -1.55. The van der Waals surface area contributed by atoms with E-state index in [4.69, 9.17) is 9.26 Å². The first kappa shape index (κ1) is 11.5. The largest absolute Gasteiger partial charge is 0.493 e. The van der Waals surface area contributed by atoms with Gasteiger partial charge >= 0.3 is 0 Å². The van der Waals surface area contributed by atoms with Crippen molar-refractivity contribution >= 4 is 11.0 Å². The number of nitrogens with zero attached hydrogens (tertiary/aromatic N) is 1. The molecular weight excluding hydrogens is 228 g/mol. The second-order valence-electron chi connectivity index (χ2n) is 4.78. The highest BCUT2D eigenvalue weighted by molar-refractivity contribution is 5.85. The van der Waals surface area contributed by atoms with Crippen molar-refractivity contribution in [3.05, 3.63) is 23.9 Å². The maximum absolute atomic E-state index is 5.47. The molecule has 1 aromatic heterocycles. The lowest BCUT2D eigenvalue weighted by atomic mass is 9.94. The molecule has 1 N–H and O–H groups in total. The summed E-state index contributed by atoms with van der Waals surface area (Å²) >= 11 is 0. The Labute approximate surface area is 106 Å². The third-order valence-corrected chi connectivity index (χ3v) is 3.67. The van der Waals surface area contributed by atoms with Gasteiger partial charge in [-0.25, -0.2) is 0 Å². The van der Waals surface area contributed by atoms with Gasteiger partial charge in [0.1, 0.15) is 0 Å². The van der Waals surface area contributed by atoms with Gasteiger partial charge in [0.2, 0.25) is 5.58 Å². The van der Waals surface area contributed by atoms with Crippen molar-refractivity contribution in [3.63, 3.8) is 0 Å². The molecule has 4 nitrogen and oxygen atoms in total. The van der Waals surface area contributed by atoms with Crippen molar-refractivity contribution in [1.82, 2.24) is 10.5 Å². The van der Waals surface area contributed by atoms with E-state index in [9.17, 15) is 0 Å². The predicted octanol–water partition coefficient (Wildman–Crippen LogP) is 2.69. The van der Waals surface area contributed by atoms with Gasteiger partial charge in [-0.05, 0) is 44.5 Å². The lowest BCUT2D eigenvalue weighted by molar-refractivity contribution is 0.387. The van der Waals surface area contributed by atoms with Crippen LogP contribution in [-0.2, 0) is 0 Å². The fourth-order valence-electron chi connectivity index (χ4n) is 2.70. The summed E-state index contributed by atoms with van der Waals surface area (Å²) in [5, 5.41) is 8.81. The van der Waals surface area contributed by atoms with Crippen LogP contribution in [0.4, 0.5) is 0 Å². The molecule has 1 saturated heterocycles. The van der Waals surface area contributed by atoms with Gasteiger partial charge in [-0.2, -0.15) is 0 Å². The van der Waals surface area contributed by atoms with Crippen molar-refractivity contribution in [3.8, 4) is 5.75 Å². The first-order chi connectivity index (χ1) is 8.90. The van der Waals surface area contributed by atoms with Crippen molar-refractivity contribution in [2.45, 2.75) is 25.2 Å². The molecule has 1 aliphatic rings. The number of para-hydroxylation sites is 1. The molecule has 0 radical (unpaired) electrons. The Morgan fingerprint density at radius 1 is 1.33 bits per heavy atom. The van der Waals surface area contributed by atoms with E-state index in [0.717, 1.165) is 41.9 Å². The van der Waals surface area contributed by atoms with Gasteiger partial charge in [-0.15, -0.1) is 0 Å². The van der Waals surface area contributed by atoms with Crippen molar-refractivity contribution in [1.29, 1.82) is 0 Å². The number of hydrogen-bond donors (Lipinski definition) is 1. The zero-order valence-electron chi connectivity index (χ0n) is 10.6. The fraction of sp³-hybridized carbons (Fsp3) is 0.500. The first-order valence-corrected chi connectivity index (χ1v) is 6.53. The van der Waals surface area contributed by atoms with Crippen LogP contribution in [0.2, 0.25) is 0 Å². The standard InChI is InChI=1S/C14H18N2O2/c1-17-12-6-2-5-11-13(16-18-14(11)12)10-4-3-8-15-9-7-10/h2,5-6,10,15H,3-4,7-9H2,1H3. The lowest BCUT2D eigenvalue weighted by Crippen LogP contribution is -2.13. The minimum absolute atomic E-state index is 0.494. The lowest BCUT2D eigenvalue weighted by Gasteiger charge is -2.10. The molecule has 0 amide bonds. The molecular formula is C14H18N2O2. The van der Waals surface area contributed by atoms with Crippen LogP contribution in [-0.4, -0.2) is 25.4 Å². The van der Waals surface area contributed by atoms with Crippen LogP contribution >= 0.6 is 0 Å². The van der Waals surface area contributed by atoms with E-state index in [0.29, 0.717) is 5.92 Å². The molecule has 1 unspecified atom stereocenters. The SMILES string of the molecule is COc1cccc2c(C3CCCNCC3)noc12. The summed E-state index contributed by atoms with van der Waals surface area (Å²) in [7, 11) is 1.66. The molecule has 2 heterocycles. The van der Waals surface area contributed by atoms with Gasteiger partial charge in [0, 0.05) is 11.3 Å². The Balaban J connectivity index is 2.01. The average Bonchev–Trinajstić information content (AvgIpc) is 2.66. The van der Waals surface area contributed by atoms with Gasteiger partial charge in [-0.3, -0.25) is 0 Å². The number of ether oxygens (including phenoxy) is 1. The Bertz CT molecular complexity index is 528. The van der Waals surface area contributed by atoms with Crippen LogP contribution in [0.1, 0.15) is 30.9 Å². The third-order valence-electron chi connectivity index (χ3n) is 3.67. The smallest absolute Gasteiger partial charge is 0.208 e. The summed E-state index contributed by atoms with van der Waals surface area (Å²) in [6, 6.07) is 5.98. The number of aromatic nitrogens is 1.